The van der Waals surface area contributed by atoms with E-state index in [4.69, 9.17) is 4.74 Å². The molecule has 0 unspecified atom stereocenters. The van der Waals surface area contributed by atoms with Gasteiger partial charge in [0.05, 0.1) is 11.5 Å². The number of rotatable bonds is 6. The number of anilines is 2. The van der Waals surface area contributed by atoms with Crippen molar-refractivity contribution in [1.82, 2.24) is 9.97 Å². The monoisotopic (exact) mass is 356 g/mol. The quantitative estimate of drug-likeness (QED) is 0.617. The number of nitro benzene ring substituents is 1. The topological polar surface area (TPSA) is 90.2 Å². The van der Waals surface area contributed by atoms with Gasteiger partial charge in [-0.25, -0.2) is 4.98 Å². The zero-order valence-corrected chi connectivity index (χ0v) is 13.4. The summed E-state index contributed by atoms with van der Waals surface area (Å²) in [7, 11) is 0. The first-order valence-corrected chi connectivity index (χ1v) is 7.26. The van der Waals surface area contributed by atoms with Gasteiger partial charge in [0.2, 0.25) is 11.8 Å². The second-order valence-corrected chi connectivity index (χ2v) is 5.51. The Hall–Kier alpha value is -2.91. The van der Waals surface area contributed by atoms with Crippen LogP contribution in [-0.2, 0) is 6.18 Å². The van der Waals surface area contributed by atoms with E-state index >= 15 is 0 Å². The van der Waals surface area contributed by atoms with Crippen LogP contribution in [0.3, 0.4) is 0 Å². The number of hydrogen-bond acceptors (Lipinski definition) is 6. The molecule has 2 aromatic rings. The molecule has 0 spiro atoms. The Bertz CT molecular complexity index is 766. The molecule has 25 heavy (non-hydrogen) atoms. The van der Waals surface area contributed by atoms with Crippen molar-refractivity contribution in [2.45, 2.75) is 20.0 Å². The highest BCUT2D eigenvalue weighted by Crippen LogP contribution is 2.36. The number of aromatic nitrogens is 2. The zero-order valence-electron chi connectivity index (χ0n) is 13.4. The van der Waals surface area contributed by atoms with Crippen LogP contribution in [0.2, 0.25) is 0 Å². The number of benzene rings is 1. The fourth-order valence-electron chi connectivity index (χ4n) is 1.84. The Balaban J connectivity index is 2.37. The lowest BCUT2D eigenvalue weighted by atomic mass is 10.2. The van der Waals surface area contributed by atoms with Gasteiger partial charge in [0.25, 0.3) is 5.69 Å². The summed E-state index contributed by atoms with van der Waals surface area (Å²) in [6.07, 6.45) is -4.09. The van der Waals surface area contributed by atoms with Crippen LogP contribution in [0, 0.1) is 16.0 Å². The first kappa shape index (κ1) is 18.4. The minimum Gasteiger partial charge on any atom is -0.477 e. The second kappa shape index (κ2) is 7.32. The molecule has 0 fully saturated rings. The van der Waals surface area contributed by atoms with Crippen molar-refractivity contribution in [2.75, 3.05) is 11.9 Å². The van der Waals surface area contributed by atoms with Crippen LogP contribution < -0.4 is 10.1 Å². The molecule has 0 saturated carbocycles. The van der Waals surface area contributed by atoms with Crippen molar-refractivity contribution in [3.8, 4) is 5.88 Å². The van der Waals surface area contributed by atoms with Crippen LogP contribution in [0.25, 0.3) is 0 Å². The van der Waals surface area contributed by atoms with Crippen LogP contribution >= 0.6 is 0 Å². The van der Waals surface area contributed by atoms with Crippen LogP contribution in [-0.4, -0.2) is 21.5 Å². The van der Waals surface area contributed by atoms with Gasteiger partial charge < -0.3 is 10.1 Å². The van der Waals surface area contributed by atoms with Crippen LogP contribution in [0.4, 0.5) is 30.5 Å². The summed E-state index contributed by atoms with van der Waals surface area (Å²) < 4.78 is 44.2. The highest BCUT2D eigenvalue weighted by atomic mass is 19.4. The summed E-state index contributed by atoms with van der Waals surface area (Å²) in [6, 6.07) is 5.65. The molecule has 10 heteroatoms. The highest BCUT2D eigenvalue weighted by molar-refractivity contribution is 5.66. The van der Waals surface area contributed by atoms with E-state index in [-0.39, 0.29) is 29.8 Å². The minimum absolute atomic E-state index is 0.0114. The maximum absolute atomic E-state index is 13.0. The summed E-state index contributed by atoms with van der Waals surface area (Å²) >= 11 is 0. The Morgan fingerprint density at radius 1 is 1.32 bits per heavy atom. The number of nitrogens with zero attached hydrogens (tertiary/aromatic N) is 3. The third-order valence-corrected chi connectivity index (χ3v) is 2.96. The molecule has 0 bridgehead atoms. The lowest BCUT2D eigenvalue weighted by Crippen LogP contribution is -2.14. The van der Waals surface area contributed by atoms with Gasteiger partial charge in [-0.1, -0.05) is 26.0 Å². The number of nitro groups is 1. The van der Waals surface area contributed by atoms with Gasteiger partial charge in [0, 0.05) is 12.3 Å². The van der Waals surface area contributed by atoms with Crippen LogP contribution in [0.5, 0.6) is 5.88 Å². The molecule has 7 nitrogen and oxygen atoms in total. The number of ether oxygens (including phenoxy) is 1. The van der Waals surface area contributed by atoms with Gasteiger partial charge in [0.1, 0.15) is 11.3 Å². The van der Waals surface area contributed by atoms with Gasteiger partial charge in [-0.05, 0) is 12.0 Å². The van der Waals surface area contributed by atoms with Gasteiger partial charge >= 0.3 is 6.18 Å². The van der Waals surface area contributed by atoms with Gasteiger partial charge in [-0.15, -0.1) is 0 Å². The molecule has 1 heterocycles. The van der Waals surface area contributed by atoms with E-state index in [0.29, 0.717) is 6.20 Å². The molecule has 0 amide bonds. The van der Waals surface area contributed by atoms with Crippen LogP contribution in [0.1, 0.15) is 19.4 Å². The van der Waals surface area contributed by atoms with E-state index in [9.17, 15) is 23.3 Å². The SMILES string of the molecule is CC(C)COc1nc(Nc2ccccc2[N+](=O)[O-])ncc1C(F)(F)F. The summed E-state index contributed by atoms with van der Waals surface area (Å²) in [6.45, 7) is 3.59. The third-order valence-electron chi connectivity index (χ3n) is 2.96. The average molecular weight is 356 g/mol. The van der Waals surface area contributed by atoms with E-state index in [2.05, 4.69) is 15.3 Å². The molecular formula is C15H15F3N4O3. The number of halogens is 3. The Labute approximate surface area is 141 Å². The average Bonchev–Trinajstić information content (AvgIpc) is 2.52. The molecule has 0 aliphatic carbocycles. The molecule has 134 valence electrons. The molecule has 1 N–H and O–H groups in total. The van der Waals surface area contributed by atoms with E-state index in [1.165, 1.54) is 24.3 Å². The smallest absolute Gasteiger partial charge is 0.423 e. The van der Waals surface area contributed by atoms with Gasteiger partial charge in [0.15, 0.2) is 0 Å². The second-order valence-electron chi connectivity index (χ2n) is 5.51. The highest BCUT2D eigenvalue weighted by Gasteiger charge is 2.36. The molecule has 0 saturated heterocycles. The predicted octanol–water partition coefficient (Wildman–Crippen LogP) is 4.18. The van der Waals surface area contributed by atoms with E-state index in [0.717, 1.165) is 0 Å². The molecule has 2 rings (SSSR count). The fourth-order valence-corrected chi connectivity index (χ4v) is 1.84. The van der Waals surface area contributed by atoms with E-state index in [1.807, 2.05) is 0 Å². The Morgan fingerprint density at radius 3 is 2.60 bits per heavy atom. The lowest BCUT2D eigenvalue weighted by Gasteiger charge is -2.15. The number of alkyl halides is 3. The van der Waals surface area contributed by atoms with Crippen molar-refractivity contribution in [1.29, 1.82) is 0 Å². The molecule has 0 aliphatic heterocycles. The largest absolute Gasteiger partial charge is 0.477 e. The maximum atomic E-state index is 13.0. The predicted molar refractivity (Wildman–Crippen MR) is 83.7 cm³/mol. The van der Waals surface area contributed by atoms with Crippen molar-refractivity contribution in [2.24, 2.45) is 5.92 Å². The molecule has 0 atom stereocenters. The number of hydrogen-bond donors (Lipinski definition) is 1. The van der Waals surface area contributed by atoms with Crippen LogP contribution in [0.15, 0.2) is 30.5 Å². The number of nitrogens with one attached hydrogen (secondary N) is 1. The Morgan fingerprint density at radius 2 is 2.00 bits per heavy atom. The molecular weight excluding hydrogens is 341 g/mol. The lowest BCUT2D eigenvalue weighted by molar-refractivity contribution is -0.383. The maximum Gasteiger partial charge on any atom is 0.423 e. The van der Waals surface area contributed by atoms with Crippen molar-refractivity contribution in [3.63, 3.8) is 0 Å². The molecule has 1 aromatic carbocycles. The summed E-state index contributed by atoms with van der Waals surface area (Å²) in [5.74, 6) is -0.874. The summed E-state index contributed by atoms with van der Waals surface area (Å²) in [4.78, 5) is 17.7. The fraction of sp³-hybridized carbons (Fsp3) is 0.333. The van der Waals surface area contributed by atoms with Crippen molar-refractivity contribution >= 4 is 17.3 Å². The van der Waals surface area contributed by atoms with E-state index < -0.39 is 22.5 Å². The zero-order chi connectivity index (χ0) is 18.6. The van der Waals surface area contributed by atoms with Gasteiger partial charge in [-0.2, -0.15) is 18.2 Å². The standard InChI is InChI=1S/C15H15F3N4O3/c1-9(2)8-25-13-10(15(16,17)18)7-19-14(21-13)20-11-5-3-4-6-12(11)22(23)24/h3-7,9H,8H2,1-2H3,(H,19,20,21). The minimum atomic E-state index is -4.68. The van der Waals surface area contributed by atoms with Gasteiger partial charge in [-0.3, -0.25) is 10.1 Å². The van der Waals surface area contributed by atoms with Crippen molar-refractivity contribution < 1.29 is 22.8 Å². The molecule has 1 aromatic heterocycles. The molecule has 0 radical (unpaired) electrons. The third kappa shape index (κ3) is 4.78. The normalized spacial score (nSPS) is 11.4. The molecule has 0 aliphatic rings. The first-order valence-electron chi connectivity index (χ1n) is 7.26. The number of para-hydroxylation sites is 2. The summed E-state index contributed by atoms with van der Waals surface area (Å²) in [5.41, 5.74) is -1.31. The summed E-state index contributed by atoms with van der Waals surface area (Å²) in [5, 5.41) is 13.5. The Kier molecular flexibility index (Phi) is 5.40. The van der Waals surface area contributed by atoms with Crippen molar-refractivity contribution in [3.05, 3.63) is 46.1 Å². The first-order chi connectivity index (χ1) is 11.7. The van der Waals surface area contributed by atoms with E-state index in [1.54, 1.807) is 13.8 Å².